The van der Waals surface area contributed by atoms with Gasteiger partial charge < -0.3 is 24.2 Å². The molecule has 38 heavy (non-hydrogen) atoms. The van der Waals surface area contributed by atoms with Gasteiger partial charge in [0.15, 0.2) is 0 Å². The highest BCUT2D eigenvalue weighted by molar-refractivity contribution is 5.41. The number of aliphatic hydroxyl groups excluding tert-OH is 1. The van der Waals surface area contributed by atoms with E-state index in [0.717, 1.165) is 95.4 Å². The van der Waals surface area contributed by atoms with Crippen molar-refractivity contribution in [3.8, 4) is 11.5 Å². The first-order chi connectivity index (χ1) is 18.6. The van der Waals surface area contributed by atoms with Crippen molar-refractivity contribution >= 4 is 0 Å². The molecule has 0 radical (unpaired) electrons. The minimum Gasteiger partial charge on any atom is -0.490 e. The van der Waals surface area contributed by atoms with Crippen LogP contribution in [0.2, 0.25) is 0 Å². The van der Waals surface area contributed by atoms with Gasteiger partial charge in [0.05, 0.1) is 12.7 Å². The minimum absolute atomic E-state index is 0.0501. The molecule has 0 spiro atoms. The molecular formula is C31H45N3O4. The van der Waals surface area contributed by atoms with E-state index in [1.807, 2.05) is 6.92 Å². The number of aliphatic hydroxyl groups is 1. The topological polar surface area (TPSA) is 57.6 Å². The van der Waals surface area contributed by atoms with Crippen LogP contribution in [0.5, 0.6) is 11.5 Å². The highest BCUT2D eigenvalue weighted by Crippen LogP contribution is 2.31. The average Bonchev–Trinajstić information content (AvgIpc) is 3.06. The van der Waals surface area contributed by atoms with Gasteiger partial charge in [-0.25, -0.2) is 0 Å². The summed E-state index contributed by atoms with van der Waals surface area (Å²) in [4.78, 5) is 7.17. The summed E-state index contributed by atoms with van der Waals surface area (Å²) in [5, 5.41) is 11.0. The zero-order valence-electron chi connectivity index (χ0n) is 23.2. The maximum atomic E-state index is 11.0. The molecule has 1 N–H and O–H groups in total. The normalized spacial score (nSPS) is 22.2. The van der Waals surface area contributed by atoms with Crippen molar-refractivity contribution in [3.05, 3.63) is 59.2 Å². The molecule has 1 fully saturated rings. The van der Waals surface area contributed by atoms with Crippen molar-refractivity contribution in [1.82, 2.24) is 14.7 Å². The van der Waals surface area contributed by atoms with E-state index in [1.165, 1.54) is 11.1 Å². The number of hydrogen-bond acceptors (Lipinski definition) is 7. The number of hydrogen-bond donors (Lipinski definition) is 1. The van der Waals surface area contributed by atoms with Crippen molar-refractivity contribution in [2.24, 2.45) is 0 Å². The SMILES string of the molecule is CCOCCN1CCC(Oc2ccc3c(c2)O[C@H](C)CN(C[C@H](O)CN2CCc4ccccc4C2)C3)CC1. The van der Waals surface area contributed by atoms with Crippen molar-refractivity contribution in [1.29, 1.82) is 0 Å². The molecule has 0 saturated carbocycles. The molecule has 7 nitrogen and oxygen atoms in total. The summed E-state index contributed by atoms with van der Waals surface area (Å²) in [6.07, 6.45) is 3.03. The van der Waals surface area contributed by atoms with E-state index in [1.54, 1.807) is 0 Å². The Labute approximate surface area is 228 Å². The maximum Gasteiger partial charge on any atom is 0.127 e. The fourth-order valence-corrected chi connectivity index (χ4v) is 6.06. The van der Waals surface area contributed by atoms with Crippen LogP contribution in [0.3, 0.4) is 0 Å². The number of rotatable bonds is 10. The van der Waals surface area contributed by atoms with Crippen LogP contribution in [-0.4, -0.2) is 97.1 Å². The second-order valence-electron chi connectivity index (χ2n) is 11.2. The summed E-state index contributed by atoms with van der Waals surface area (Å²) in [5.41, 5.74) is 3.99. The molecule has 3 aliphatic rings. The maximum absolute atomic E-state index is 11.0. The highest BCUT2D eigenvalue weighted by Gasteiger charge is 2.26. The Morgan fingerprint density at radius 2 is 1.71 bits per heavy atom. The van der Waals surface area contributed by atoms with E-state index < -0.39 is 6.10 Å². The smallest absolute Gasteiger partial charge is 0.127 e. The standard InChI is InChI=1S/C31H45N3O4/c1-3-36-17-16-32-14-11-29(12-15-32)38-30-9-8-27-21-34(19-24(2)37-31(27)18-30)23-28(35)22-33-13-10-25-6-4-5-7-26(25)20-33/h4-9,18,24,28-29,35H,3,10-17,19-23H2,1-2H3/t24-,28-/m1/s1. The molecule has 0 bridgehead atoms. The van der Waals surface area contributed by atoms with Gasteiger partial charge in [-0.2, -0.15) is 0 Å². The van der Waals surface area contributed by atoms with Crippen molar-refractivity contribution < 1.29 is 19.3 Å². The fourth-order valence-electron chi connectivity index (χ4n) is 6.06. The Balaban J connectivity index is 1.11. The van der Waals surface area contributed by atoms with E-state index in [9.17, 15) is 5.11 Å². The number of ether oxygens (including phenoxy) is 3. The Kier molecular flexibility index (Phi) is 9.57. The summed E-state index contributed by atoms with van der Waals surface area (Å²) < 4.78 is 18.2. The second kappa shape index (κ2) is 13.3. The molecule has 5 rings (SSSR count). The molecule has 2 aromatic carbocycles. The van der Waals surface area contributed by atoms with Crippen LogP contribution in [0.4, 0.5) is 0 Å². The largest absolute Gasteiger partial charge is 0.490 e. The Morgan fingerprint density at radius 1 is 0.947 bits per heavy atom. The molecule has 0 aromatic heterocycles. The number of likely N-dealkylation sites (tertiary alicyclic amines) is 1. The van der Waals surface area contributed by atoms with E-state index in [-0.39, 0.29) is 12.2 Å². The van der Waals surface area contributed by atoms with Crippen LogP contribution in [0.25, 0.3) is 0 Å². The predicted octanol–water partition coefficient (Wildman–Crippen LogP) is 3.57. The zero-order chi connectivity index (χ0) is 26.3. The summed E-state index contributed by atoms with van der Waals surface area (Å²) in [6, 6.07) is 15.0. The van der Waals surface area contributed by atoms with Gasteiger partial charge in [0.25, 0.3) is 0 Å². The number of benzene rings is 2. The Morgan fingerprint density at radius 3 is 2.53 bits per heavy atom. The molecule has 0 amide bonds. The van der Waals surface area contributed by atoms with Crippen molar-refractivity contribution in [3.63, 3.8) is 0 Å². The molecule has 7 heteroatoms. The first-order valence-corrected chi connectivity index (χ1v) is 14.5. The van der Waals surface area contributed by atoms with E-state index in [0.29, 0.717) is 13.1 Å². The third kappa shape index (κ3) is 7.48. The van der Waals surface area contributed by atoms with Crippen LogP contribution in [-0.2, 0) is 24.2 Å². The van der Waals surface area contributed by atoms with E-state index >= 15 is 0 Å². The lowest BCUT2D eigenvalue weighted by Crippen LogP contribution is -2.43. The molecular weight excluding hydrogens is 478 g/mol. The van der Waals surface area contributed by atoms with Gasteiger partial charge in [0, 0.05) is 77.1 Å². The Bertz CT molecular complexity index is 1030. The van der Waals surface area contributed by atoms with Gasteiger partial charge in [-0.05, 0) is 50.3 Å². The zero-order valence-corrected chi connectivity index (χ0v) is 23.2. The van der Waals surface area contributed by atoms with Gasteiger partial charge in [0.1, 0.15) is 23.7 Å². The lowest BCUT2D eigenvalue weighted by atomic mass is 10.00. The van der Waals surface area contributed by atoms with E-state index in [2.05, 4.69) is 64.1 Å². The van der Waals surface area contributed by atoms with Crippen LogP contribution in [0.1, 0.15) is 43.4 Å². The first kappa shape index (κ1) is 27.4. The lowest BCUT2D eigenvalue weighted by molar-refractivity contribution is 0.0573. The molecule has 0 aliphatic carbocycles. The second-order valence-corrected chi connectivity index (χ2v) is 11.2. The van der Waals surface area contributed by atoms with Gasteiger partial charge in [-0.1, -0.05) is 30.3 Å². The average molecular weight is 524 g/mol. The predicted molar refractivity (Wildman–Crippen MR) is 150 cm³/mol. The quantitative estimate of drug-likeness (QED) is 0.478. The number of β-amino-alcohol motifs (C(OH)–C–C–N with tert-alkyl or cyclic N) is 1. The lowest BCUT2D eigenvalue weighted by Gasteiger charge is -2.32. The van der Waals surface area contributed by atoms with Crippen molar-refractivity contribution in [2.45, 2.75) is 64.5 Å². The van der Waals surface area contributed by atoms with Gasteiger partial charge in [-0.3, -0.25) is 9.80 Å². The molecule has 0 unspecified atom stereocenters. The number of piperidine rings is 1. The molecule has 2 aromatic rings. The highest BCUT2D eigenvalue weighted by atomic mass is 16.5. The summed E-state index contributed by atoms with van der Waals surface area (Å²) in [7, 11) is 0. The third-order valence-corrected chi connectivity index (χ3v) is 8.02. The summed E-state index contributed by atoms with van der Waals surface area (Å²) in [5.74, 6) is 1.80. The fraction of sp³-hybridized carbons (Fsp3) is 0.613. The van der Waals surface area contributed by atoms with Crippen LogP contribution in [0.15, 0.2) is 42.5 Å². The molecule has 3 aliphatic heterocycles. The van der Waals surface area contributed by atoms with Gasteiger partial charge in [-0.15, -0.1) is 0 Å². The molecule has 208 valence electrons. The molecule has 2 atom stereocenters. The van der Waals surface area contributed by atoms with Gasteiger partial charge >= 0.3 is 0 Å². The van der Waals surface area contributed by atoms with Crippen LogP contribution >= 0.6 is 0 Å². The third-order valence-electron chi connectivity index (χ3n) is 8.02. The summed E-state index contributed by atoms with van der Waals surface area (Å²) in [6.45, 7) is 13.7. The minimum atomic E-state index is -0.393. The molecule has 3 heterocycles. The van der Waals surface area contributed by atoms with Gasteiger partial charge in [0.2, 0.25) is 0 Å². The number of fused-ring (bicyclic) bond motifs is 2. The molecule has 1 saturated heterocycles. The first-order valence-electron chi connectivity index (χ1n) is 14.5. The van der Waals surface area contributed by atoms with Crippen LogP contribution < -0.4 is 9.47 Å². The summed E-state index contributed by atoms with van der Waals surface area (Å²) >= 11 is 0. The monoisotopic (exact) mass is 523 g/mol. The Hall–Kier alpha value is -2.16. The van der Waals surface area contributed by atoms with Crippen molar-refractivity contribution in [2.75, 3.05) is 59.0 Å². The number of nitrogens with zero attached hydrogens (tertiary/aromatic N) is 3. The van der Waals surface area contributed by atoms with E-state index in [4.69, 9.17) is 14.2 Å². The van der Waals surface area contributed by atoms with Crippen LogP contribution in [0, 0.1) is 0 Å².